The number of hydrogen-bond donors (Lipinski definition) is 1. The molecule has 2 aromatic rings. The van der Waals surface area contributed by atoms with Crippen molar-refractivity contribution in [2.24, 2.45) is 0 Å². The van der Waals surface area contributed by atoms with Crippen molar-refractivity contribution in [2.75, 3.05) is 5.32 Å². The normalized spacial score (nSPS) is 16.5. The average Bonchev–Trinajstić information content (AvgIpc) is 3.12. The maximum absolute atomic E-state index is 4.35. The maximum Gasteiger partial charge on any atom is 0.130 e. The second-order valence-electron chi connectivity index (χ2n) is 4.72. The van der Waals surface area contributed by atoms with Gasteiger partial charge in [-0.1, -0.05) is 13.0 Å². The zero-order chi connectivity index (χ0) is 12.4. The molecule has 4 heteroatoms. The van der Waals surface area contributed by atoms with E-state index in [1.165, 1.54) is 23.4 Å². The van der Waals surface area contributed by atoms with Crippen LogP contribution in [0.15, 0.2) is 29.9 Å². The number of aromatic nitrogens is 2. The molecule has 1 aliphatic rings. The molecule has 0 bridgehead atoms. The Morgan fingerprint density at radius 2 is 2.33 bits per heavy atom. The topological polar surface area (TPSA) is 37.8 Å². The highest BCUT2D eigenvalue weighted by molar-refractivity contribution is 7.10. The number of hydrogen-bond acceptors (Lipinski definition) is 4. The van der Waals surface area contributed by atoms with Crippen LogP contribution >= 0.6 is 11.3 Å². The van der Waals surface area contributed by atoms with E-state index in [-0.39, 0.29) is 0 Å². The van der Waals surface area contributed by atoms with Crippen LogP contribution in [0.25, 0.3) is 0 Å². The summed E-state index contributed by atoms with van der Waals surface area (Å²) in [6.45, 7) is 2.19. The fraction of sp³-hybridized carbons (Fsp3) is 0.429. The number of nitrogens with zero attached hydrogens (tertiary/aromatic N) is 2. The zero-order valence-corrected chi connectivity index (χ0v) is 11.3. The minimum absolute atomic E-state index is 0.354. The van der Waals surface area contributed by atoms with Crippen LogP contribution in [-0.4, -0.2) is 9.97 Å². The first-order valence-corrected chi connectivity index (χ1v) is 7.36. The van der Waals surface area contributed by atoms with Crippen LogP contribution < -0.4 is 5.32 Å². The van der Waals surface area contributed by atoms with Crippen molar-refractivity contribution in [3.8, 4) is 0 Å². The quantitative estimate of drug-likeness (QED) is 0.882. The van der Waals surface area contributed by atoms with Gasteiger partial charge in [0, 0.05) is 22.6 Å². The van der Waals surface area contributed by atoms with Crippen LogP contribution in [0.5, 0.6) is 0 Å². The van der Waals surface area contributed by atoms with Gasteiger partial charge in [-0.25, -0.2) is 9.97 Å². The third-order valence-electron chi connectivity index (χ3n) is 3.30. The fourth-order valence-electron chi connectivity index (χ4n) is 2.10. The summed E-state index contributed by atoms with van der Waals surface area (Å²) in [5.41, 5.74) is 1.19. The third kappa shape index (κ3) is 2.53. The van der Waals surface area contributed by atoms with Gasteiger partial charge >= 0.3 is 0 Å². The van der Waals surface area contributed by atoms with Crippen LogP contribution in [0.3, 0.4) is 0 Å². The van der Waals surface area contributed by atoms with E-state index in [4.69, 9.17) is 0 Å². The molecular formula is C14H17N3S. The van der Waals surface area contributed by atoms with E-state index < -0.39 is 0 Å². The Labute approximate surface area is 111 Å². The second kappa shape index (κ2) is 5.06. The summed E-state index contributed by atoms with van der Waals surface area (Å²) in [4.78, 5) is 10.0. The molecule has 1 aliphatic carbocycles. The van der Waals surface area contributed by atoms with Crippen LogP contribution in [0.2, 0.25) is 0 Å². The van der Waals surface area contributed by atoms with E-state index in [0.29, 0.717) is 12.0 Å². The summed E-state index contributed by atoms with van der Waals surface area (Å²) in [7, 11) is 0. The molecule has 2 aromatic heterocycles. The molecule has 18 heavy (non-hydrogen) atoms. The summed E-state index contributed by atoms with van der Waals surface area (Å²) in [5.74, 6) is 1.63. The van der Waals surface area contributed by atoms with E-state index in [1.807, 2.05) is 0 Å². The van der Waals surface area contributed by atoms with Crippen molar-refractivity contribution in [2.45, 2.75) is 38.1 Å². The Bertz CT molecular complexity index is 506. The summed E-state index contributed by atoms with van der Waals surface area (Å²) in [6.07, 6.45) is 5.29. The number of anilines is 1. The minimum Gasteiger partial charge on any atom is -0.362 e. The Balaban J connectivity index is 1.76. The van der Waals surface area contributed by atoms with Crippen molar-refractivity contribution in [1.82, 2.24) is 9.97 Å². The zero-order valence-electron chi connectivity index (χ0n) is 10.5. The molecular weight excluding hydrogens is 242 g/mol. The van der Waals surface area contributed by atoms with Crippen LogP contribution in [0.4, 0.5) is 5.82 Å². The number of nitrogens with one attached hydrogen (secondary N) is 1. The van der Waals surface area contributed by atoms with Gasteiger partial charge in [0.1, 0.15) is 12.1 Å². The van der Waals surface area contributed by atoms with Crippen molar-refractivity contribution in [1.29, 1.82) is 0 Å². The van der Waals surface area contributed by atoms with Gasteiger partial charge in [0.05, 0.1) is 6.04 Å². The van der Waals surface area contributed by atoms with Crippen LogP contribution in [0, 0.1) is 0 Å². The highest BCUT2D eigenvalue weighted by Gasteiger charge is 2.25. The molecule has 1 fully saturated rings. The first kappa shape index (κ1) is 11.7. The molecule has 0 unspecified atom stereocenters. The van der Waals surface area contributed by atoms with Gasteiger partial charge in [-0.3, -0.25) is 0 Å². The lowest BCUT2D eigenvalue weighted by atomic mass is 10.2. The first-order valence-electron chi connectivity index (χ1n) is 6.48. The Kier molecular flexibility index (Phi) is 3.28. The lowest BCUT2D eigenvalue weighted by Gasteiger charge is -2.16. The maximum atomic E-state index is 4.35. The van der Waals surface area contributed by atoms with E-state index in [1.54, 1.807) is 17.7 Å². The highest BCUT2D eigenvalue weighted by atomic mass is 32.1. The molecule has 0 amide bonds. The van der Waals surface area contributed by atoms with Crippen LogP contribution in [0.1, 0.15) is 48.7 Å². The molecule has 0 radical (unpaired) electrons. The molecule has 0 saturated heterocycles. The predicted molar refractivity (Wildman–Crippen MR) is 75.0 cm³/mol. The van der Waals surface area contributed by atoms with Crippen LogP contribution in [-0.2, 0) is 0 Å². The lowest BCUT2D eigenvalue weighted by Crippen LogP contribution is -2.09. The van der Waals surface area contributed by atoms with E-state index in [2.05, 4.69) is 45.8 Å². The van der Waals surface area contributed by atoms with E-state index >= 15 is 0 Å². The molecule has 0 spiro atoms. The average molecular weight is 259 g/mol. The van der Waals surface area contributed by atoms with Gasteiger partial charge in [-0.2, -0.15) is 0 Å². The lowest BCUT2D eigenvalue weighted by molar-refractivity contribution is 0.756. The SMILES string of the molecule is CC[C@@H](Nc1cc(C2CC2)ncn1)c1cccs1. The van der Waals surface area contributed by atoms with Crippen molar-refractivity contribution >= 4 is 17.2 Å². The van der Waals surface area contributed by atoms with Gasteiger partial charge in [-0.15, -0.1) is 11.3 Å². The molecule has 3 rings (SSSR count). The van der Waals surface area contributed by atoms with Gasteiger partial charge in [0.25, 0.3) is 0 Å². The summed E-state index contributed by atoms with van der Waals surface area (Å²) in [6, 6.07) is 6.73. The van der Waals surface area contributed by atoms with Gasteiger partial charge < -0.3 is 5.32 Å². The molecule has 1 atom stereocenters. The molecule has 1 N–H and O–H groups in total. The second-order valence-corrected chi connectivity index (χ2v) is 5.70. The smallest absolute Gasteiger partial charge is 0.130 e. The monoisotopic (exact) mass is 259 g/mol. The van der Waals surface area contributed by atoms with Gasteiger partial charge in [-0.05, 0) is 30.7 Å². The number of thiophene rings is 1. The Morgan fingerprint density at radius 1 is 1.44 bits per heavy atom. The highest BCUT2D eigenvalue weighted by Crippen LogP contribution is 2.39. The fourth-order valence-corrected chi connectivity index (χ4v) is 2.96. The Morgan fingerprint density at radius 3 is 3.00 bits per heavy atom. The molecule has 0 aromatic carbocycles. The van der Waals surface area contributed by atoms with E-state index in [0.717, 1.165) is 12.2 Å². The van der Waals surface area contributed by atoms with Gasteiger partial charge in [0.15, 0.2) is 0 Å². The first-order chi connectivity index (χ1) is 8.86. The molecule has 1 saturated carbocycles. The summed E-state index contributed by atoms with van der Waals surface area (Å²) in [5, 5.41) is 5.63. The molecule has 94 valence electrons. The van der Waals surface area contributed by atoms with E-state index in [9.17, 15) is 0 Å². The standard InChI is InChI=1S/C14H17N3S/c1-2-11(13-4-3-7-18-13)17-14-8-12(10-5-6-10)15-9-16-14/h3-4,7-11H,2,5-6H2,1H3,(H,15,16,17)/t11-/m1/s1. The molecule has 0 aliphatic heterocycles. The Hall–Kier alpha value is -1.42. The predicted octanol–water partition coefficient (Wildman–Crippen LogP) is 3.98. The minimum atomic E-state index is 0.354. The molecule has 3 nitrogen and oxygen atoms in total. The van der Waals surface area contributed by atoms with Crippen molar-refractivity contribution in [3.63, 3.8) is 0 Å². The molecule has 2 heterocycles. The van der Waals surface area contributed by atoms with Crippen molar-refractivity contribution in [3.05, 3.63) is 40.5 Å². The summed E-state index contributed by atoms with van der Waals surface area (Å²) >= 11 is 1.79. The van der Waals surface area contributed by atoms with Crippen molar-refractivity contribution < 1.29 is 0 Å². The third-order valence-corrected chi connectivity index (χ3v) is 4.29. The van der Waals surface area contributed by atoms with Gasteiger partial charge in [0.2, 0.25) is 0 Å². The summed E-state index contributed by atoms with van der Waals surface area (Å²) < 4.78 is 0. The largest absolute Gasteiger partial charge is 0.362 e. The number of rotatable bonds is 5.